The van der Waals surface area contributed by atoms with Crippen LogP contribution in [0.5, 0.6) is 11.5 Å². The number of hydrogen-bond acceptors (Lipinski definition) is 3. The normalized spacial score (nSPS) is 15.7. The highest BCUT2D eigenvalue weighted by molar-refractivity contribution is 6.30. The average molecular weight is 270 g/mol. The summed E-state index contributed by atoms with van der Waals surface area (Å²) in [6, 6.07) is 5.67. The van der Waals surface area contributed by atoms with E-state index in [1.807, 2.05) is 18.2 Å². The molecule has 1 heterocycles. The Kier molecular flexibility index (Phi) is 4.31. The molecule has 5 heteroatoms. The fraction of sp³-hybridized carbons (Fsp3) is 0.462. The summed E-state index contributed by atoms with van der Waals surface area (Å²) in [4.78, 5) is 11.4. The Balaban J connectivity index is 2.02. The van der Waals surface area contributed by atoms with Crippen LogP contribution in [0.1, 0.15) is 18.9 Å². The highest BCUT2D eigenvalue weighted by Gasteiger charge is 2.12. The lowest BCUT2D eigenvalue weighted by Gasteiger charge is -2.10. The molecule has 1 N–H and O–H groups in total. The molecule has 0 radical (unpaired) electrons. The van der Waals surface area contributed by atoms with Gasteiger partial charge in [-0.1, -0.05) is 6.07 Å². The van der Waals surface area contributed by atoms with Gasteiger partial charge in [-0.15, -0.1) is 11.6 Å². The predicted octanol–water partition coefficient (Wildman–Crippen LogP) is 2.09. The summed E-state index contributed by atoms with van der Waals surface area (Å²) in [5.41, 5.74) is 0.963. The van der Waals surface area contributed by atoms with Crippen molar-refractivity contribution in [3.63, 3.8) is 0 Å². The van der Waals surface area contributed by atoms with Crippen molar-refractivity contribution in [2.45, 2.75) is 25.3 Å². The molecular weight excluding hydrogens is 254 g/mol. The van der Waals surface area contributed by atoms with Crippen LogP contribution in [0, 0.1) is 0 Å². The predicted molar refractivity (Wildman–Crippen MR) is 69.2 cm³/mol. The lowest BCUT2D eigenvalue weighted by Crippen LogP contribution is -2.29. The van der Waals surface area contributed by atoms with Crippen LogP contribution < -0.4 is 14.8 Å². The van der Waals surface area contributed by atoms with Crippen molar-refractivity contribution in [3.8, 4) is 11.5 Å². The number of nitrogens with one attached hydrogen (secondary N) is 1. The Labute approximate surface area is 111 Å². The molecule has 98 valence electrons. The smallest absolute Gasteiger partial charge is 0.238 e. The molecule has 1 amide bonds. The number of fused-ring (bicyclic) bond motifs is 1. The van der Waals surface area contributed by atoms with Crippen molar-refractivity contribution in [2.75, 3.05) is 13.2 Å². The van der Waals surface area contributed by atoms with E-state index in [0.29, 0.717) is 19.8 Å². The second-order valence-electron chi connectivity index (χ2n) is 4.17. The van der Waals surface area contributed by atoms with Crippen molar-refractivity contribution in [1.29, 1.82) is 0 Å². The number of benzene rings is 1. The molecule has 1 unspecified atom stereocenters. The molecule has 0 saturated carbocycles. The Morgan fingerprint density at radius 3 is 2.83 bits per heavy atom. The van der Waals surface area contributed by atoms with Crippen LogP contribution in [0.25, 0.3) is 0 Å². The summed E-state index contributed by atoms with van der Waals surface area (Å²) in [7, 11) is 0. The van der Waals surface area contributed by atoms with Crippen LogP contribution in [0.15, 0.2) is 18.2 Å². The first-order valence-electron chi connectivity index (χ1n) is 5.97. The zero-order valence-electron chi connectivity index (χ0n) is 10.2. The van der Waals surface area contributed by atoms with E-state index in [4.69, 9.17) is 21.1 Å². The van der Waals surface area contributed by atoms with E-state index in [1.54, 1.807) is 6.92 Å². The van der Waals surface area contributed by atoms with Crippen molar-refractivity contribution in [1.82, 2.24) is 5.32 Å². The summed E-state index contributed by atoms with van der Waals surface area (Å²) in [6.45, 7) is 3.41. The van der Waals surface area contributed by atoms with Gasteiger partial charge in [0, 0.05) is 13.0 Å². The largest absolute Gasteiger partial charge is 0.490 e. The van der Waals surface area contributed by atoms with Gasteiger partial charge in [0.1, 0.15) is 5.38 Å². The minimum Gasteiger partial charge on any atom is -0.490 e. The maximum atomic E-state index is 11.4. The standard InChI is InChI=1S/C13H16ClNO3/c1-9(14)13(16)15-8-10-3-4-11-12(7-10)18-6-2-5-17-11/h3-4,7,9H,2,5-6,8H2,1H3,(H,15,16). The van der Waals surface area contributed by atoms with Gasteiger partial charge in [0.25, 0.3) is 0 Å². The Morgan fingerprint density at radius 1 is 1.39 bits per heavy atom. The number of hydrogen-bond donors (Lipinski definition) is 1. The summed E-state index contributed by atoms with van der Waals surface area (Å²) >= 11 is 5.67. The quantitative estimate of drug-likeness (QED) is 0.855. The molecular formula is C13H16ClNO3. The molecule has 0 saturated heterocycles. The highest BCUT2D eigenvalue weighted by atomic mass is 35.5. The molecule has 1 aliphatic rings. The SMILES string of the molecule is CC(Cl)C(=O)NCc1ccc2c(c1)OCCCO2. The summed E-state index contributed by atoms with van der Waals surface area (Å²) in [5, 5.41) is 2.23. The van der Waals surface area contributed by atoms with Crippen molar-refractivity contribution >= 4 is 17.5 Å². The maximum Gasteiger partial charge on any atom is 0.238 e. The third kappa shape index (κ3) is 3.29. The summed E-state index contributed by atoms with van der Waals surface area (Å²) < 4.78 is 11.1. The molecule has 0 fully saturated rings. The lowest BCUT2D eigenvalue weighted by molar-refractivity contribution is -0.120. The molecule has 0 bridgehead atoms. The molecule has 0 aliphatic carbocycles. The molecule has 0 aromatic heterocycles. The minimum absolute atomic E-state index is 0.177. The number of halogens is 1. The third-order valence-corrected chi connectivity index (χ3v) is 2.84. The molecule has 0 spiro atoms. The van der Waals surface area contributed by atoms with Gasteiger partial charge < -0.3 is 14.8 Å². The maximum absolute atomic E-state index is 11.4. The van der Waals surface area contributed by atoms with E-state index in [0.717, 1.165) is 23.5 Å². The van der Waals surface area contributed by atoms with E-state index in [2.05, 4.69) is 5.32 Å². The monoisotopic (exact) mass is 269 g/mol. The van der Waals surface area contributed by atoms with Gasteiger partial charge in [-0.3, -0.25) is 4.79 Å². The van der Waals surface area contributed by atoms with Gasteiger partial charge in [-0.05, 0) is 24.6 Å². The van der Waals surface area contributed by atoms with Crippen molar-refractivity contribution in [2.24, 2.45) is 0 Å². The highest BCUT2D eigenvalue weighted by Crippen LogP contribution is 2.30. The molecule has 2 rings (SSSR count). The number of rotatable bonds is 3. The van der Waals surface area contributed by atoms with Crippen LogP contribution in [-0.4, -0.2) is 24.5 Å². The fourth-order valence-electron chi connectivity index (χ4n) is 1.65. The van der Waals surface area contributed by atoms with E-state index >= 15 is 0 Å². The third-order valence-electron chi connectivity index (χ3n) is 2.64. The van der Waals surface area contributed by atoms with E-state index in [9.17, 15) is 4.79 Å². The average Bonchev–Trinajstić information content (AvgIpc) is 2.60. The van der Waals surface area contributed by atoms with Crippen molar-refractivity contribution < 1.29 is 14.3 Å². The molecule has 1 aromatic rings. The Bertz CT molecular complexity index is 434. The van der Waals surface area contributed by atoms with E-state index < -0.39 is 5.38 Å². The molecule has 18 heavy (non-hydrogen) atoms. The van der Waals surface area contributed by atoms with Crippen LogP contribution >= 0.6 is 11.6 Å². The molecule has 1 aliphatic heterocycles. The van der Waals surface area contributed by atoms with Crippen LogP contribution in [0.2, 0.25) is 0 Å². The second kappa shape index (κ2) is 5.96. The minimum atomic E-state index is -0.523. The van der Waals surface area contributed by atoms with Gasteiger partial charge >= 0.3 is 0 Å². The molecule has 1 aromatic carbocycles. The zero-order valence-corrected chi connectivity index (χ0v) is 11.0. The first-order valence-corrected chi connectivity index (χ1v) is 6.41. The molecule has 4 nitrogen and oxygen atoms in total. The van der Waals surface area contributed by atoms with Crippen LogP contribution in [0.4, 0.5) is 0 Å². The number of carbonyl (C=O) groups is 1. The number of carbonyl (C=O) groups excluding carboxylic acids is 1. The van der Waals surface area contributed by atoms with E-state index in [-0.39, 0.29) is 5.91 Å². The lowest BCUT2D eigenvalue weighted by atomic mass is 10.2. The van der Waals surface area contributed by atoms with Gasteiger partial charge in [-0.25, -0.2) is 0 Å². The zero-order chi connectivity index (χ0) is 13.0. The van der Waals surface area contributed by atoms with Gasteiger partial charge in [0.15, 0.2) is 11.5 Å². The van der Waals surface area contributed by atoms with E-state index in [1.165, 1.54) is 0 Å². The number of ether oxygens (including phenoxy) is 2. The number of alkyl halides is 1. The Morgan fingerprint density at radius 2 is 2.11 bits per heavy atom. The summed E-state index contributed by atoms with van der Waals surface area (Å²) in [6.07, 6.45) is 0.879. The van der Waals surface area contributed by atoms with Gasteiger partial charge in [0.2, 0.25) is 5.91 Å². The van der Waals surface area contributed by atoms with Gasteiger partial charge in [0.05, 0.1) is 13.2 Å². The topological polar surface area (TPSA) is 47.6 Å². The first-order chi connectivity index (χ1) is 8.66. The Hall–Kier alpha value is -1.42. The van der Waals surface area contributed by atoms with Crippen LogP contribution in [0.3, 0.4) is 0 Å². The fourth-order valence-corrected chi connectivity index (χ4v) is 1.72. The van der Waals surface area contributed by atoms with Crippen molar-refractivity contribution in [3.05, 3.63) is 23.8 Å². The van der Waals surface area contributed by atoms with Crippen LogP contribution in [-0.2, 0) is 11.3 Å². The molecule has 1 atom stereocenters. The number of amides is 1. The van der Waals surface area contributed by atoms with Gasteiger partial charge in [-0.2, -0.15) is 0 Å². The second-order valence-corrected chi connectivity index (χ2v) is 4.82. The summed E-state index contributed by atoms with van der Waals surface area (Å²) in [5.74, 6) is 1.32. The first kappa shape index (κ1) is 13.0.